The lowest BCUT2D eigenvalue weighted by atomic mass is 9.94. The molecule has 3 rings (SSSR count). The highest BCUT2D eigenvalue weighted by molar-refractivity contribution is 6.02. The van der Waals surface area contributed by atoms with Crippen molar-refractivity contribution in [2.45, 2.75) is 24.9 Å². The van der Waals surface area contributed by atoms with Crippen molar-refractivity contribution in [2.24, 2.45) is 5.73 Å². The van der Waals surface area contributed by atoms with Gasteiger partial charge in [0.15, 0.2) is 5.94 Å². The normalized spacial score (nSPS) is 14.0. The fourth-order valence-electron chi connectivity index (χ4n) is 3.63. The summed E-state index contributed by atoms with van der Waals surface area (Å²) in [5, 5.41) is 11.9. The number of nitrogens with one attached hydrogen (secondary N) is 1. The average Bonchev–Trinajstić information content (AvgIpc) is 2.82. The number of nitrogens with two attached hydrogens (primary N) is 1. The Morgan fingerprint density at radius 1 is 1.03 bits per heavy atom. The third-order valence-electron chi connectivity index (χ3n) is 5.17. The maximum absolute atomic E-state index is 13.0. The van der Waals surface area contributed by atoms with Crippen LogP contribution in [0.1, 0.15) is 30.0 Å². The van der Waals surface area contributed by atoms with Crippen LogP contribution in [0.4, 0.5) is 0 Å². The predicted molar refractivity (Wildman–Crippen MR) is 121 cm³/mol. The van der Waals surface area contributed by atoms with E-state index in [4.69, 9.17) is 5.73 Å². The monoisotopic (exact) mass is 431 g/mol. The molecule has 0 bridgehead atoms. The molecule has 0 aromatic heterocycles. The van der Waals surface area contributed by atoms with Crippen molar-refractivity contribution >= 4 is 17.8 Å². The highest BCUT2D eigenvalue weighted by Crippen LogP contribution is 2.35. The molecule has 1 amide bonds. The summed E-state index contributed by atoms with van der Waals surface area (Å²) in [4.78, 5) is 38.2. The number of hydrogen-bond donors (Lipinski definition) is 3. The van der Waals surface area contributed by atoms with Crippen molar-refractivity contribution in [3.63, 3.8) is 0 Å². The van der Waals surface area contributed by atoms with Gasteiger partial charge in [-0.1, -0.05) is 60.7 Å². The van der Waals surface area contributed by atoms with Gasteiger partial charge in [0.25, 0.3) is 5.91 Å². The van der Waals surface area contributed by atoms with Crippen molar-refractivity contribution in [1.82, 2.24) is 10.2 Å². The van der Waals surface area contributed by atoms with Gasteiger partial charge in [-0.2, -0.15) is 0 Å². The molecule has 0 saturated heterocycles. The van der Waals surface area contributed by atoms with E-state index < -0.39 is 17.9 Å². The van der Waals surface area contributed by atoms with Crippen LogP contribution in [0.25, 0.3) is 0 Å². The molecule has 4 N–H and O–H groups in total. The Morgan fingerprint density at radius 2 is 1.62 bits per heavy atom. The molecule has 0 aliphatic carbocycles. The standard InChI is InChI=1S/C25H25N3O4/c26-15-7-14-21(25(31)32)27-24(30)20-13-8-16-28(22(20)17-29)23(18-9-3-1-4-10-18)19-11-5-2-6-12-19/h1-6,8-13,16,21,23H,7,14-15,26H2,(H,27,30)(H,31,32). The van der Waals surface area contributed by atoms with Gasteiger partial charge in [0.05, 0.1) is 11.6 Å². The highest BCUT2D eigenvalue weighted by Gasteiger charge is 2.31. The van der Waals surface area contributed by atoms with Crippen molar-refractivity contribution in [3.8, 4) is 0 Å². The van der Waals surface area contributed by atoms with Crippen LogP contribution in [0.3, 0.4) is 0 Å². The number of rotatable bonds is 9. The van der Waals surface area contributed by atoms with Gasteiger partial charge in [-0.25, -0.2) is 9.59 Å². The number of amides is 1. The van der Waals surface area contributed by atoms with Gasteiger partial charge in [-0.15, -0.1) is 0 Å². The number of carboxylic acids is 1. The van der Waals surface area contributed by atoms with Crippen molar-refractivity contribution in [3.05, 3.63) is 101 Å². The Morgan fingerprint density at radius 3 is 2.12 bits per heavy atom. The van der Waals surface area contributed by atoms with Crippen molar-refractivity contribution in [1.29, 1.82) is 0 Å². The highest BCUT2D eigenvalue weighted by atomic mass is 16.4. The molecule has 32 heavy (non-hydrogen) atoms. The third kappa shape index (κ3) is 5.21. The first-order chi connectivity index (χ1) is 15.6. The smallest absolute Gasteiger partial charge is 0.326 e. The van der Waals surface area contributed by atoms with E-state index >= 15 is 0 Å². The molecule has 0 radical (unpaired) electrons. The summed E-state index contributed by atoms with van der Waals surface area (Å²) < 4.78 is 0. The molecule has 1 atom stereocenters. The molecule has 0 saturated carbocycles. The Kier molecular flexibility index (Phi) is 7.75. The van der Waals surface area contributed by atoms with Crippen LogP contribution in [0.5, 0.6) is 0 Å². The summed E-state index contributed by atoms with van der Waals surface area (Å²) >= 11 is 0. The second-order valence-electron chi connectivity index (χ2n) is 7.30. The largest absolute Gasteiger partial charge is 0.480 e. The van der Waals surface area contributed by atoms with E-state index in [1.54, 1.807) is 17.2 Å². The molecule has 1 unspecified atom stereocenters. The summed E-state index contributed by atoms with van der Waals surface area (Å²) in [5.74, 6) is 0.0905. The van der Waals surface area contributed by atoms with Gasteiger partial charge in [-0.05, 0) is 42.7 Å². The topological polar surface area (TPSA) is 113 Å². The van der Waals surface area contributed by atoms with Crippen LogP contribution in [0.2, 0.25) is 0 Å². The molecule has 7 nitrogen and oxygen atoms in total. The van der Waals surface area contributed by atoms with E-state index in [2.05, 4.69) is 5.32 Å². The van der Waals surface area contributed by atoms with E-state index in [0.29, 0.717) is 13.0 Å². The van der Waals surface area contributed by atoms with Crippen LogP contribution in [-0.2, 0) is 14.4 Å². The molecule has 1 heterocycles. The quantitative estimate of drug-likeness (QED) is 0.526. The Labute approximate surface area is 186 Å². The second-order valence-corrected chi connectivity index (χ2v) is 7.30. The minimum Gasteiger partial charge on any atom is -0.480 e. The number of carboxylic acid groups (broad SMARTS) is 1. The summed E-state index contributed by atoms with van der Waals surface area (Å²) in [6, 6.07) is 17.7. The number of allylic oxidation sites excluding steroid dienone is 2. The van der Waals surface area contributed by atoms with Crippen LogP contribution in [0.15, 0.2) is 90.3 Å². The van der Waals surface area contributed by atoms with Crippen LogP contribution in [0, 0.1) is 0 Å². The maximum atomic E-state index is 13.0. The zero-order valence-electron chi connectivity index (χ0n) is 17.5. The first-order valence-corrected chi connectivity index (χ1v) is 10.3. The molecule has 0 spiro atoms. The number of carbonyl (C=O) groups excluding carboxylic acids is 2. The van der Waals surface area contributed by atoms with Crippen molar-refractivity contribution < 1.29 is 19.5 Å². The molecule has 0 fully saturated rings. The first-order valence-electron chi connectivity index (χ1n) is 10.3. The number of hydrogen-bond acceptors (Lipinski definition) is 5. The Hall–Kier alpha value is -3.93. The third-order valence-corrected chi connectivity index (χ3v) is 5.17. The molecule has 164 valence electrons. The predicted octanol–water partition coefficient (Wildman–Crippen LogP) is 2.56. The molecule has 2 aromatic carbocycles. The molecule has 1 aliphatic rings. The maximum Gasteiger partial charge on any atom is 0.326 e. The van der Waals surface area contributed by atoms with Gasteiger partial charge in [-0.3, -0.25) is 4.79 Å². The summed E-state index contributed by atoms with van der Waals surface area (Å²) in [7, 11) is 0. The van der Waals surface area contributed by atoms with Crippen LogP contribution >= 0.6 is 0 Å². The van der Waals surface area contributed by atoms with E-state index in [1.807, 2.05) is 66.6 Å². The zero-order valence-corrected chi connectivity index (χ0v) is 17.5. The van der Waals surface area contributed by atoms with Crippen LogP contribution in [-0.4, -0.2) is 40.4 Å². The van der Waals surface area contributed by atoms with Gasteiger partial charge in [0, 0.05) is 6.20 Å². The first kappa shape index (κ1) is 22.7. The van der Waals surface area contributed by atoms with Gasteiger partial charge in [0.1, 0.15) is 11.7 Å². The van der Waals surface area contributed by atoms with Crippen LogP contribution < -0.4 is 11.1 Å². The minimum atomic E-state index is -1.15. The molecular formula is C25H25N3O4. The fraction of sp³-hybridized carbons (Fsp3) is 0.200. The Balaban J connectivity index is 1.94. The van der Waals surface area contributed by atoms with E-state index in [9.17, 15) is 19.5 Å². The van der Waals surface area contributed by atoms with E-state index in [-0.39, 0.29) is 23.7 Å². The minimum absolute atomic E-state index is 0.0330. The van der Waals surface area contributed by atoms with Crippen molar-refractivity contribution in [2.75, 3.05) is 6.54 Å². The Bertz CT molecular complexity index is 1020. The number of aliphatic carboxylic acids is 1. The van der Waals surface area contributed by atoms with E-state index in [1.165, 1.54) is 6.08 Å². The van der Waals surface area contributed by atoms with E-state index in [0.717, 1.165) is 11.1 Å². The number of nitrogens with zero attached hydrogens (tertiary/aromatic N) is 1. The number of carbonyl (C=O) groups is 2. The zero-order chi connectivity index (χ0) is 22.9. The van der Waals surface area contributed by atoms with Gasteiger partial charge >= 0.3 is 5.97 Å². The molecule has 2 aromatic rings. The molecule has 1 aliphatic heterocycles. The lowest BCUT2D eigenvalue weighted by Gasteiger charge is -2.34. The summed E-state index contributed by atoms with van der Waals surface area (Å²) in [5.41, 5.74) is 7.40. The summed E-state index contributed by atoms with van der Waals surface area (Å²) in [6.45, 7) is 0.314. The van der Waals surface area contributed by atoms with Gasteiger partial charge in [0.2, 0.25) is 0 Å². The SMILES string of the molecule is NCCCC(NC(=O)C1=CC=CN(C(c2ccccc2)c2ccccc2)C1=C=O)C(=O)O. The number of benzene rings is 2. The summed E-state index contributed by atoms with van der Waals surface area (Å²) in [6.07, 6.45) is 5.50. The lowest BCUT2D eigenvalue weighted by molar-refractivity contribution is -0.141. The lowest BCUT2D eigenvalue weighted by Crippen LogP contribution is -2.43. The molecular weight excluding hydrogens is 406 g/mol. The fourth-order valence-corrected chi connectivity index (χ4v) is 3.63. The van der Waals surface area contributed by atoms with Gasteiger partial charge < -0.3 is 21.1 Å². The molecule has 7 heteroatoms. The average molecular weight is 431 g/mol. The second kappa shape index (κ2) is 10.9.